The molecule has 2 aromatic rings. The predicted molar refractivity (Wildman–Crippen MR) is 80.4 cm³/mol. The van der Waals surface area contributed by atoms with E-state index in [9.17, 15) is 4.79 Å². The molecule has 0 saturated carbocycles. The van der Waals surface area contributed by atoms with Gasteiger partial charge in [-0.3, -0.25) is 4.79 Å². The van der Waals surface area contributed by atoms with E-state index >= 15 is 0 Å². The Labute approximate surface area is 126 Å². The van der Waals surface area contributed by atoms with E-state index in [0.29, 0.717) is 18.7 Å². The number of carbonyl (C=O) groups is 1. The van der Waals surface area contributed by atoms with Gasteiger partial charge in [-0.25, -0.2) is 4.98 Å². The van der Waals surface area contributed by atoms with Crippen molar-refractivity contribution >= 4 is 17.2 Å². The summed E-state index contributed by atoms with van der Waals surface area (Å²) in [6.45, 7) is 0.740. The number of amides is 1. The van der Waals surface area contributed by atoms with Gasteiger partial charge in [-0.1, -0.05) is 11.8 Å². The molecule has 0 saturated heterocycles. The largest absolute Gasteiger partial charge is 0.346 e. The molecular weight excluding hydrogens is 284 g/mol. The second-order valence-electron chi connectivity index (χ2n) is 4.00. The van der Waals surface area contributed by atoms with Gasteiger partial charge in [0.2, 0.25) is 0 Å². The highest BCUT2D eigenvalue weighted by Crippen LogP contribution is 2.15. The molecule has 0 radical (unpaired) electrons. The first-order valence-corrected chi connectivity index (χ1v) is 6.96. The smallest absolute Gasteiger partial charge is 0.270 e. The van der Waals surface area contributed by atoms with Crippen molar-refractivity contribution in [1.29, 1.82) is 5.26 Å². The van der Waals surface area contributed by atoms with Crippen molar-refractivity contribution in [1.82, 2.24) is 10.3 Å². The number of nitrogens with one attached hydrogen (secondary N) is 1. The first kappa shape index (κ1) is 14.7. The maximum atomic E-state index is 11.9. The van der Waals surface area contributed by atoms with Crippen molar-refractivity contribution in [3.8, 4) is 17.9 Å². The van der Waals surface area contributed by atoms with Crippen molar-refractivity contribution < 1.29 is 4.79 Å². The molecule has 0 aromatic carbocycles. The molecule has 0 unspecified atom stereocenters. The van der Waals surface area contributed by atoms with Crippen molar-refractivity contribution in [2.75, 3.05) is 6.54 Å². The molecule has 1 amide bonds. The molecule has 0 spiro atoms. The van der Waals surface area contributed by atoms with Crippen LogP contribution in [0.25, 0.3) is 0 Å². The number of thiophene rings is 1. The number of nitrogens with zero attached hydrogens (tertiary/aromatic N) is 2. The maximum Gasteiger partial charge on any atom is 0.270 e. The summed E-state index contributed by atoms with van der Waals surface area (Å²) >= 11 is 1.51. The minimum Gasteiger partial charge on any atom is -0.346 e. The fourth-order valence-corrected chi connectivity index (χ4v) is 2.35. The monoisotopic (exact) mass is 296 g/mol. The number of rotatable bonds is 3. The average Bonchev–Trinajstić information content (AvgIpc) is 2.98. The summed E-state index contributed by atoms with van der Waals surface area (Å²) in [6, 6.07) is 8.86. The summed E-state index contributed by atoms with van der Waals surface area (Å²) in [4.78, 5) is 17.8. The molecule has 6 heteroatoms. The lowest BCUT2D eigenvalue weighted by atomic mass is 10.2. The predicted octanol–water partition coefficient (Wildman–Crippen LogP) is 1.25. The Hall–Kier alpha value is -2.67. The minimum absolute atomic E-state index is 0.275. The molecule has 21 heavy (non-hydrogen) atoms. The number of aromatic nitrogens is 1. The molecule has 2 heterocycles. The lowest BCUT2D eigenvalue weighted by Gasteiger charge is -2.02. The fourth-order valence-electron chi connectivity index (χ4n) is 1.53. The van der Waals surface area contributed by atoms with Crippen molar-refractivity contribution in [3.05, 3.63) is 51.5 Å². The van der Waals surface area contributed by atoms with Crippen LogP contribution in [0.1, 0.15) is 25.8 Å². The summed E-state index contributed by atoms with van der Waals surface area (Å²) in [5, 5.41) is 11.5. The third-order valence-corrected chi connectivity index (χ3v) is 3.52. The summed E-state index contributed by atoms with van der Waals surface area (Å²) in [7, 11) is 0. The number of nitriles is 1. The van der Waals surface area contributed by atoms with Crippen molar-refractivity contribution in [2.24, 2.45) is 5.73 Å². The van der Waals surface area contributed by atoms with Crippen LogP contribution in [-0.2, 0) is 6.54 Å². The standard InChI is InChI=1S/C15H12N4OS/c16-7-1-2-12-4-5-13(21-12)10-19-15(20)14-6-3-11(8-17)9-18-14/h3-6,9H,7,10,16H2,(H,19,20). The highest BCUT2D eigenvalue weighted by molar-refractivity contribution is 7.12. The van der Waals surface area contributed by atoms with Crippen LogP contribution < -0.4 is 11.1 Å². The van der Waals surface area contributed by atoms with Crippen LogP contribution in [0.15, 0.2) is 30.5 Å². The van der Waals surface area contributed by atoms with Crippen LogP contribution >= 0.6 is 11.3 Å². The zero-order valence-corrected chi connectivity index (χ0v) is 11.9. The van der Waals surface area contributed by atoms with Gasteiger partial charge >= 0.3 is 0 Å². The summed E-state index contributed by atoms with van der Waals surface area (Å²) in [5.41, 5.74) is 6.02. The van der Waals surface area contributed by atoms with E-state index in [-0.39, 0.29) is 11.6 Å². The number of pyridine rings is 1. The average molecular weight is 296 g/mol. The van der Waals surface area contributed by atoms with E-state index in [0.717, 1.165) is 9.75 Å². The Morgan fingerprint density at radius 3 is 2.90 bits per heavy atom. The molecule has 0 bridgehead atoms. The lowest BCUT2D eigenvalue weighted by Crippen LogP contribution is -2.23. The van der Waals surface area contributed by atoms with Gasteiger partial charge in [-0.15, -0.1) is 11.3 Å². The normalized spacial score (nSPS) is 9.33. The maximum absolute atomic E-state index is 11.9. The van der Waals surface area contributed by atoms with Gasteiger partial charge in [-0.2, -0.15) is 5.26 Å². The number of carbonyl (C=O) groups excluding carboxylic acids is 1. The Bertz CT molecular complexity index is 732. The van der Waals surface area contributed by atoms with Gasteiger partial charge in [0, 0.05) is 11.1 Å². The van der Waals surface area contributed by atoms with Crippen LogP contribution in [0.4, 0.5) is 0 Å². The van der Waals surface area contributed by atoms with Gasteiger partial charge in [0.1, 0.15) is 11.8 Å². The molecule has 0 atom stereocenters. The number of hydrogen-bond donors (Lipinski definition) is 2. The third kappa shape index (κ3) is 4.15. The van der Waals surface area contributed by atoms with Crippen LogP contribution in [-0.4, -0.2) is 17.4 Å². The second-order valence-corrected chi connectivity index (χ2v) is 5.17. The topological polar surface area (TPSA) is 91.8 Å². The van der Waals surface area contributed by atoms with E-state index in [2.05, 4.69) is 22.1 Å². The highest BCUT2D eigenvalue weighted by atomic mass is 32.1. The number of nitrogens with two attached hydrogens (primary N) is 1. The molecule has 0 aliphatic carbocycles. The van der Waals surface area contributed by atoms with E-state index in [1.807, 2.05) is 18.2 Å². The molecule has 0 aliphatic heterocycles. The molecule has 3 N–H and O–H groups in total. The Morgan fingerprint density at radius 1 is 1.38 bits per heavy atom. The molecule has 0 aliphatic rings. The Kier molecular flexibility index (Phi) is 5.05. The first-order chi connectivity index (χ1) is 10.2. The van der Waals surface area contributed by atoms with Gasteiger partial charge in [0.05, 0.1) is 23.5 Å². The van der Waals surface area contributed by atoms with Crippen molar-refractivity contribution in [3.63, 3.8) is 0 Å². The molecule has 2 aromatic heterocycles. The van der Waals surface area contributed by atoms with Crippen molar-refractivity contribution in [2.45, 2.75) is 6.54 Å². The van der Waals surface area contributed by atoms with Crippen LogP contribution in [0.5, 0.6) is 0 Å². The van der Waals surface area contributed by atoms with Crippen LogP contribution in [0.2, 0.25) is 0 Å². The number of hydrogen-bond acceptors (Lipinski definition) is 5. The lowest BCUT2D eigenvalue weighted by molar-refractivity contribution is 0.0946. The van der Waals surface area contributed by atoms with Crippen LogP contribution in [0, 0.1) is 23.2 Å². The van der Waals surface area contributed by atoms with E-state index in [4.69, 9.17) is 11.0 Å². The molecule has 2 rings (SSSR count). The Morgan fingerprint density at radius 2 is 2.24 bits per heavy atom. The van der Waals surface area contributed by atoms with Gasteiger partial charge in [0.25, 0.3) is 5.91 Å². The zero-order valence-electron chi connectivity index (χ0n) is 11.1. The molecule has 0 fully saturated rings. The van der Waals surface area contributed by atoms with E-state index in [1.54, 1.807) is 6.07 Å². The Balaban J connectivity index is 1.94. The first-order valence-electron chi connectivity index (χ1n) is 6.15. The minimum atomic E-state index is -0.275. The molecular formula is C15H12N4OS. The van der Waals surface area contributed by atoms with E-state index < -0.39 is 0 Å². The third-order valence-electron chi connectivity index (χ3n) is 2.52. The van der Waals surface area contributed by atoms with Crippen LogP contribution in [0.3, 0.4) is 0 Å². The summed E-state index contributed by atoms with van der Waals surface area (Å²) < 4.78 is 0. The second kappa shape index (κ2) is 7.20. The van der Waals surface area contributed by atoms with E-state index in [1.165, 1.54) is 23.6 Å². The molecule has 5 nitrogen and oxygen atoms in total. The quantitative estimate of drug-likeness (QED) is 0.834. The highest BCUT2D eigenvalue weighted by Gasteiger charge is 2.07. The fraction of sp³-hybridized carbons (Fsp3) is 0.133. The summed E-state index contributed by atoms with van der Waals surface area (Å²) in [6.07, 6.45) is 1.38. The molecule has 104 valence electrons. The van der Waals surface area contributed by atoms with Gasteiger partial charge in [0.15, 0.2) is 0 Å². The summed E-state index contributed by atoms with van der Waals surface area (Å²) in [5.74, 6) is 5.45. The van der Waals surface area contributed by atoms with Gasteiger partial charge in [-0.05, 0) is 24.3 Å². The zero-order chi connectivity index (χ0) is 15.1. The SMILES string of the molecule is N#Cc1ccc(C(=O)NCc2ccc(C#CCN)s2)nc1. The van der Waals surface area contributed by atoms with Gasteiger partial charge < -0.3 is 11.1 Å².